The molecule has 1 fully saturated rings. The number of carbonyl (C=O) groups is 1. The zero-order valence-corrected chi connectivity index (χ0v) is 16.8. The minimum atomic E-state index is 0.0380. The van der Waals surface area contributed by atoms with Crippen LogP contribution in [0.15, 0.2) is 36.7 Å². The van der Waals surface area contributed by atoms with Gasteiger partial charge in [-0.05, 0) is 37.1 Å². The third-order valence-electron chi connectivity index (χ3n) is 4.86. The molecule has 1 amide bonds. The van der Waals surface area contributed by atoms with Gasteiger partial charge in [-0.3, -0.25) is 4.79 Å². The first-order valence-electron chi connectivity index (χ1n) is 9.19. The summed E-state index contributed by atoms with van der Waals surface area (Å²) in [7, 11) is 0. The summed E-state index contributed by atoms with van der Waals surface area (Å²) in [5.74, 6) is 1.02. The summed E-state index contributed by atoms with van der Waals surface area (Å²) in [5, 5.41) is 1.71. The van der Waals surface area contributed by atoms with Gasteiger partial charge in [-0.2, -0.15) is 0 Å². The second kappa shape index (κ2) is 7.82. The monoisotopic (exact) mass is 400 g/mol. The average Bonchev–Trinajstić information content (AvgIpc) is 2.96. The third-order valence-corrected chi connectivity index (χ3v) is 6.28. The van der Waals surface area contributed by atoms with Crippen molar-refractivity contribution in [3.63, 3.8) is 0 Å². The SMILES string of the molecule is CCc1cc2c(N3CCCN(C(=O)c4cccc(Cl)c4)CC3)ncnc2s1. The summed E-state index contributed by atoms with van der Waals surface area (Å²) in [6.07, 6.45) is 3.55. The number of nitrogens with zero attached hydrogens (tertiary/aromatic N) is 4. The maximum Gasteiger partial charge on any atom is 0.253 e. The Bertz CT molecular complexity index is 974. The number of hydrogen-bond acceptors (Lipinski definition) is 5. The van der Waals surface area contributed by atoms with Gasteiger partial charge in [-0.15, -0.1) is 11.3 Å². The molecule has 140 valence electrons. The lowest BCUT2D eigenvalue weighted by atomic mass is 10.2. The lowest BCUT2D eigenvalue weighted by molar-refractivity contribution is 0.0767. The second-order valence-corrected chi connectivity index (χ2v) is 8.18. The summed E-state index contributed by atoms with van der Waals surface area (Å²) >= 11 is 7.77. The molecule has 5 nitrogen and oxygen atoms in total. The van der Waals surface area contributed by atoms with E-state index in [0.717, 1.165) is 48.5 Å². The molecule has 0 radical (unpaired) electrons. The predicted octanol–water partition coefficient (Wildman–Crippen LogP) is 4.26. The number of aryl methyl sites for hydroxylation is 1. The minimum Gasteiger partial charge on any atom is -0.354 e. The Balaban J connectivity index is 1.54. The standard InChI is InChI=1S/C20H21ClN4OS/c1-2-16-12-17-18(22-13-23-19(17)27-16)24-7-4-8-25(10-9-24)20(26)14-5-3-6-15(21)11-14/h3,5-6,11-13H,2,4,7-10H2,1H3. The van der Waals surface area contributed by atoms with E-state index < -0.39 is 0 Å². The number of benzene rings is 1. The van der Waals surface area contributed by atoms with Crippen molar-refractivity contribution in [1.29, 1.82) is 0 Å². The average molecular weight is 401 g/mol. The normalized spacial score (nSPS) is 15.2. The molecule has 1 aromatic carbocycles. The van der Waals surface area contributed by atoms with E-state index in [4.69, 9.17) is 11.6 Å². The van der Waals surface area contributed by atoms with Gasteiger partial charge in [0.05, 0.1) is 5.39 Å². The molecule has 0 bridgehead atoms. The van der Waals surface area contributed by atoms with E-state index in [0.29, 0.717) is 17.1 Å². The van der Waals surface area contributed by atoms with Gasteiger partial charge in [0.1, 0.15) is 17.0 Å². The predicted molar refractivity (Wildman–Crippen MR) is 111 cm³/mol. The van der Waals surface area contributed by atoms with E-state index in [-0.39, 0.29) is 5.91 Å². The molecule has 0 atom stereocenters. The second-order valence-electron chi connectivity index (χ2n) is 6.63. The fraction of sp³-hybridized carbons (Fsp3) is 0.350. The number of amides is 1. The van der Waals surface area contributed by atoms with Crippen molar-refractivity contribution < 1.29 is 4.79 Å². The van der Waals surface area contributed by atoms with Crippen molar-refractivity contribution in [2.45, 2.75) is 19.8 Å². The van der Waals surface area contributed by atoms with E-state index >= 15 is 0 Å². The molecule has 3 aromatic rings. The molecule has 1 aliphatic rings. The maximum absolute atomic E-state index is 12.8. The molecule has 1 aliphatic heterocycles. The molecule has 7 heteroatoms. The van der Waals surface area contributed by atoms with Crippen LogP contribution in [0.3, 0.4) is 0 Å². The van der Waals surface area contributed by atoms with Gasteiger partial charge in [0, 0.05) is 41.6 Å². The fourth-order valence-corrected chi connectivity index (χ4v) is 4.58. The lowest BCUT2D eigenvalue weighted by Gasteiger charge is -2.23. The smallest absolute Gasteiger partial charge is 0.253 e. The number of aromatic nitrogens is 2. The molecule has 1 saturated heterocycles. The van der Waals surface area contributed by atoms with Crippen LogP contribution in [0.5, 0.6) is 0 Å². The number of fused-ring (bicyclic) bond motifs is 1. The number of halogens is 1. The molecule has 3 heterocycles. The molecule has 0 unspecified atom stereocenters. The van der Waals surface area contributed by atoms with Crippen LogP contribution in [0.2, 0.25) is 5.02 Å². The highest BCUT2D eigenvalue weighted by Crippen LogP contribution is 2.31. The van der Waals surface area contributed by atoms with Crippen LogP contribution in [0.4, 0.5) is 5.82 Å². The zero-order chi connectivity index (χ0) is 18.8. The van der Waals surface area contributed by atoms with Crippen LogP contribution >= 0.6 is 22.9 Å². The van der Waals surface area contributed by atoms with Crippen LogP contribution < -0.4 is 4.90 Å². The molecule has 0 saturated carbocycles. The topological polar surface area (TPSA) is 49.3 Å². The van der Waals surface area contributed by atoms with Crippen LogP contribution in [0, 0.1) is 0 Å². The fourth-order valence-electron chi connectivity index (χ4n) is 3.46. The summed E-state index contributed by atoms with van der Waals surface area (Å²) in [6, 6.07) is 9.36. The molecular formula is C20H21ClN4OS. The summed E-state index contributed by atoms with van der Waals surface area (Å²) in [6.45, 7) is 5.20. The lowest BCUT2D eigenvalue weighted by Crippen LogP contribution is -2.35. The number of anilines is 1. The van der Waals surface area contributed by atoms with E-state index in [1.54, 1.807) is 29.8 Å². The largest absolute Gasteiger partial charge is 0.354 e. The third kappa shape index (κ3) is 3.77. The van der Waals surface area contributed by atoms with Gasteiger partial charge < -0.3 is 9.80 Å². The van der Waals surface area contributed by atoms with Crippen molar-refractivity contribution in [2.75, 3.05) is 31.1 Å². The van der Waals surface area contributed by atoms with E-state index in [1.165, 1.54) is 4.88 Å². The highest BCUT2D eigenvalue weighted by atomic mass is 35.5. The first kappa shape index (κ1) is 18.2. The van der Waals surface area contributed by atoms with Gasteiger partial charge in [-0.25, -0.2) is 9.97 Å². The van der Waals surface area contributed by atoms with Crippen LogP contribution in [-0.2, 0) is 6.42 Å². The van der Waals surface area contributed by atoms with Crippen molar-refractivity contribution >= 4 is 44.9 Å². The van der Waals surface area contributed by atoms with E-state index in [9.17, 15) is 4.79 Å². The molecule has 0 N–H and O–H groups in total. The Morgan fingerprint density at radius 2 is 2.07 bits per heavy atom. The number of thiophene rings is 1. The Labute approximate surface area is 167 Å². The number of rotatable bonds is 3. The number of carbonyl (C=O) groups excluding carboxylic acids is 1. The van der Waals surface area contributed by atoms with Gasteiger partial charge >= 0.3 is 0 Å². The quantitative estimate of drug-likeness (QED) is 0.659. The highest BCUT2D eigenvalue weighted by molar-refractivity contribution is 7.18. The van der Waals surface area contributed by atoms with Crippen molar-refractivity contribution in [3.05, 3.63) is 52.1 Å². The van der Waals surface area contributed by atoms with Gasteiger partial charge in [0.15, 0.2) is 0 Å². The molecule has 27 heavy (non-hydrogen) atoms. The van der Waals surface area contributed by atoms with Crippen molar-refractivity contribution in [2.24, 2.45) is 0 Å². The summed E-state index contributed by atoms with van der Waals surface area (Å²) < 4.78 is 0. The minimum absolute atomic E-state index is 0.0380. The van der Waals surface area contributed by atoms with Crippen LogP contribution in [-0.4, -0.2) is 47.0 Å². The summed E-state index contributed by atoms with van der Waals surface area (Å²) in [4.78, 5) is 28.4. The summed E-state index contributed by atoms with van der Waals surface area (Å²) in [5.41, 5.74) is 0.644. The van der Waals surface area contributed by atoms with Gasteiger partial charge in [-0.1, -0.05) is 24.6 Å². The van der Waals surface area contributed by atoms with Crippen LogP contribution in [0.25, 0.3) is 10.2 Å². The molecule has 0 aliphatic carbocycles. The Kier molecular flexibility index (Phi) is 5.27. The molecular weight excluding hydrogens is 380 g/mol. The van der Waals surface area contributed by atoms with E-state index in [1.807, 2.05) is 17.0 Å². The Morgan fingerprint density at radius 3 is 2.89 bits per heavy atom. The Morgan fingerprint density at radius 1 is 1.19 bits per heavy atom. The Hall–Kier alpha value is -2.18. The molecule has 2 aromatic heterocycles. The maximum atomic E-state index is 12.8. The molecule has 0 spiro atoms. The van der Waals surface area contributed by atoms with Crippen molar-refractivity contribution in [3.8, 4) is 0 Å². The molecule has 4 rings (SSSR count). The number of hydrogen-bond donors (Lipinski definition) is 0. The van der Waals surface area contributed by atoms with Crippen LogP contribution in [0.1, 0.15) is 28.6 Å². The highest BCUT2D eigenvalue weighted by Gasteiger charge is 2.22. The van der Waals surface area contributed by atoms with Gasteiger partial charge in [0.25, 0.3) is 5.91 Å². The zero-order valence-electron chi connectivity index (χ0n) is 15.2. The van der Waals surface area contributed by atoms with Gasteiger partial charge in [0.2, 0.25) is 0 Å². The van der Waals surface area contributed by atoms with Crippen molar-refractivity contribution in [1.82, 2.24) is 14.9 Å². The van der Waals surface area contributed by atoms with E-state index in [2.05, 4.69) is 27.9 Å². The first-order chi connectivity index (χ1) is 13.2. The first-order valence-corrected chi connectivity index (χ1v) is 10.4.